The highest BCUT2D eigenvalue weighted by atomic mass is 16.6. The Bertz CT molecular complexity index is 946. The lowest BCUT2D eigenvalue weighted by atomic mass is 10.0. The van der Waals surface area contributed by atoms with Gasteiger partial charge in [0.25, 0.3) is 5.69 Å². The molecular weight excluding hydrogens is 436 g/mol. The van der Waals surface area contributed by atoms with Crippen molar-refractivity contribution in [1.29, 1.82) is 0 Å². The van der Waals surface area contributed by atoms with Gasteiger partial charge in [0.15, 0.2) is 0 Å². The average molecular weight is 469 g/mol. The van der Waals surface area contributed by atoms with Crippen molar-refractivity contribution in [3.63, 3.8) is 0 Å². The Balaban J connectivity index is 1.72. The van der Waals surface area contributed by atoms with E-state index in [-0.39, 0.29) is 31.2 Å². The lowest BCUT2D eigenvalue weighted by molar-refractivity contribution is -0.384. The third kappa shape index (κ3) is 7.28. The molecule has 0 aromatic heterocycles. The molecule has 9 nitrogen and oxygen atoms in total. The Kier molecular flexibility index (Phi) is 9.40. The molecule has 182 valence electrons. The molecule has 0 radical (unpaired) electrons. The number of nitro benzene ring substituents is 1. The van der Waals surface area contributed by atoms with Crippen molar-refractivity contribution < 1.29 is 19.6 Å². The van der Waals surface area contributed by atoms with Gasteiger partial charge in [-0.2, -0.15) is 0 Å². The van der Waals surface area contributed by atoms with Crippen LogP contribution in [-0.4, -0.2) is 70.6 Å². The van der Waals surface area contributed by atoms with E-state index in [4.69, 9.17) is 0 Å². The van der Waals surface area contributed by atoms with Gasteiger partial charge < -0.3 is 20.2 Å². The number of urea groups is 1. The summed E-state index contributed by atoms with van der Waals surface area (Å²) >= 11 is 0. The van der Waals surface area contributed by atoms with E-state index in [0.29, 0.717) is 26.1 Å². The molecule has 1 fully saturated rings. The van der Waals surface area contributed by atoms with E-state index in [0.717, 1.165) is 30.4 Å². The number of nitrogens with one attached hydrogen (secondary N) is 1. The molecule has 0 saturated carbocycles. The summed E-state index contributed by atoms with van der Waals surface area (Å²) in [5.74, 6) is -0.154. The van der Waals surface area contributed by atoms with Crippen molar-refractivity contribution in [3.05, 3.63) is 75.8 Å². The van der Waals surface area contributed by atoms with Crippen molar-refractivity contribution in [2.24, 2.45) is 0 Å². The molecule has 34 heavy (non-hydrogen) atoms. The fourth-order valence-corrected chi connectivity index (χ4v) is 4.11. The molecule has 0 unspecified atom stereocenters. The van der Waals surface area contributed by atoms with Crippen molar-refractivity contribution in [2.45, 2.75) is 38.1 Å². The highest BCUT2D eigenvalue weighted by Crippen LogP contribution is 2.16. The summed E-state index contributed by atoms with van der Waals surface area (Å²) in [6.07, 6.45) is 3.79. The second kappa shape index (κ2) is 12.7. The van der Waals surface area contributed by atoms with Gasteiger partial charge >= 0.3 is 6.03 Å². The first kappa shape index (κ1) is 25.2. The fraction of sp³-hybridized carbons (Fsp3) is 0.440. The molecule has 3 rings (SSSR count). The number of piperidine rings is 1. The summed E-state index contributed by atoms with van der Waals surface area (Å²) in [4.78, 5) is 40.2. The molecule has 2 aromatic rings. The summed E-state index contributed by atoms with van der Waals surface area (Å²) in [5.41, 5.74) is 1.77. The maximum Gasteiger partial charge on any atom is 0.318 e. The van der Waals surface area contributed by atoms with Gasteiger partial charge in [0.05, 0.1) is 11.5 Å². The number of likely N-dealkylation sites (tertiary alicyclic amines) is 1. The quantitative estimate of drug-likeness (QED) is 0.411. The van der Waals surface area contributed by atoms with E-state index >= 15 is 0 Å². The van der Waals surface area contributed by atoms with Crippen LogP contribution in [0.15, 0.2) is 54.6 Å². The number of nitro groups is 1. The molecule has 0 aliphatic carbocycles. The van der Waals surface area contributed by atoms with Crippen molar-refractivity contribution >= 4 is 17.6 Å². The van der Waals surface area contributed by atoms with Crippen molar-refractivity contribution in [1.82, 2.24) is 15.1 Å². The summed E-state index contributed by atoms with van der Waals surface area (Å²) in [7, 11) is 0. The Morgan fingerprint density at radius 3 is 2.29 bits per heavy atom. The molecular formula is C25H32N4O5. The van der Waals surface area contributed by atoms with Gasteiger partial charge in [0, 0.05) is 44.7 Å². The summed E-state index contributed by atoms with van der Waals surface area (Å²) < 4.78 is 0. The van der Waals surface area contributed by atoms with Crippen LogP contribution in [0.4, 0.5) is 10.5 Å². The van der Waals surface area contributed by atoms with E-state index in [9.17, 15) is 24.8 Å². The van der Waals surface area contributed by atoms with Crippen LogP contribution in [0.3, 0.4) is 0 Å². The van der Waals surface area contributed by atoms with E-state index < -0.39 is 17.0 Å². The molecule has 0 bridgehead atoms. The minimum atomic E-state index is -0.801. The first-order valence-electron chi connectivity index (χ1n) is 11.7. The van der Waals surface area contributed by atoms with Crippen LogP contribution in [0.1, 0.15) is 30.4 Å². The van der Waals surface area contributed by atoms with Gasteiger partial charge in [-0.25, -0.2) is 4.79 Å². The van der Waals surface area contributed by atoms with Gasteiger partial charge in [0.1, 0.15) is 6.04 Å². The number of aliphatic hydroxyl groups is 1. The van der Waals surface area contributed by atoms with Crippen LogP contribution in [0.5, 0.6) is 0 Å². The SMILES string of the molecule is O=C(N[C@@H](Cc1ccc([N+](=O)[O-])cc1)C(=O)N1CCCCC1)N(CCO)CCc1ccccc1. The smallest absolute Gasteiger partial charge is 0.318 e. The number of amides is 3. The van der Waals surface area contributed by atoms with Crippen LogP contribution in [0.25, 0.3) is 0 Å². The summed E-state index contributed by atoms with van der Waals surface area (Å²) in [6, 6.07) is 14.6. The number of carbonyl (C=O) groups is 2. The number of carbonyl (C=O) groups excluding carboxylic acids is 2. The molecule has 0 spiro atoms. The highest BCUT2D eigenvalue weighted by Gasteiger charge is 2.29. The first-order valence-corrected chi connectivity index (χ1v) is 11.7. The van der Waals surface area contributed by atoms with Crippen molar-refractivity contribution in [3.8, 4) is 0 Å². The standard InChI is InChI=1S/C25H32N4O5/c30-18-17-28(16-13-20-7-3-1-4-8-20)25(32)26-23(24(31)27-14-5-2-6-15-27)19-21-9-11-22(12-10-21)29(33)34/h1,3-4,7-12,23,30H,2,5-6,13-19H2,(H,26,32)/t23-/m0/s1. The van der Waals surface area contributed by atoms with E-state index in [1.165, 1.54) is 17.0 Å². The largest absolute Gasteiger partial charge is 0.395 e. The van der Waals surface area contributed by atoms with E-state index in [1.54, 1.807) is 17.0 Å². The first-order chi connectivity index (χ1) is 16.5. The number of aliphatic hydroxyl groups excluding tert-OH is 1. The predicted molar refractivity (Wildman–Crippen MR) is 128 cm³/mol. The number of hydrogen-bond acceptors (Lipinski definition) is 5. The predicted octanol–water partition coefficient (Wildman–Crippen LogP) is 2.77. The maximum atomic E-state index is 13.3. The van der Waals surface area contributed by atoms with Gasteiger partial charge in [-0.3, -0.25) is 14.9 Å². The topological polar surface area (TPSA) is 116 Å². The molecule has 9 heteroatoms. The fourth-order valence-electron chi connectivity index (χ4n) is 4.11. The zero-order valence-corrected chi connectivity index (χ0v) is 19.3. The zero-order chi connectivity index (χ0) is 24.3. The highest BCUT2D eigenvalue weighted by molar-refractivity contribution is 5.87. The van der Waals surface area contributed by atoms with Crippen LogP contribution < -0.4 is 5.32 Å². The van der Waals surface area contributed by atoms with Crippen LogP contribution in [-0.2, 0) is 17.6 Å². The summed E-state index contributed by atoms with van der Waals surface area (Å²) in [5, 5.41) is 23.3. The number of non-ortho nitro benzene ring substituents is 1. The van der Waals surface area contributed by atoms with Gasteiger partial charge in [-0.05, 0) is 36.8 Å². The molecule has 1 heterocycles. The molecule has 3 amide bonds. The number of hydrogen-bond donors (Lipinski definition) is 2. The number of nitrogens with zero attached hydrogens (tertiary/aromatic N) is 3. The Morgan fingerprint density at radius 2 is 1.68 bits per heavy atom. The Hall–Kier alpha value is -3.46. The number of benzene rings is 2. The molecule has 1 aliphatic heterocycles. The van der Waals surface area contributed by atoms with Crippen LogP contribution >= 0.6 is 0 Å². The molecule has 2 aromatic carbocycles. The van der Waals surface area contributed by atoms with Crippen molar-refractivity contribution in [2.75, 3.05) is 32.8 Å². The van der Waals surface area contributed by atoms with Gasteiger partial charge in [0.2, 0.25) is 5.91 Å². The summed E-state index contributed by atoms with van der Waals surface area (Å²) in [6.45, 7) is 1.67. The van der Waals surface area contributed by atoms with Crippen LogP contribution in [0.2, 0.25) is 0 Å². The minimum Gasteiger partial charge on any atom is -0.395 e. The van der Waals surface area contributed by atoms with E-state index in [2.05, 4.69) is 5.32 Å². The second-order valence-corrected chi connectivity index (χ2v) is 8.46. The lowest BCUT2D eigenvalue weighted by Gasteiger charge is -2.32. The Morgan fingerprint density at radius 1 is 1.00 bits per heavy atom. The zero-order valence-electron chi connectivity index (χ0n) is 19.3. The monoisotopic (exact) mass is 468 g/mol. The third-order valence-corrected chi connectivity index (χ3v) is 6.02. The normalized spacial score (nSPS) is 14.3. The van der Waals surface area contributed by atoms with Crippen LogP contribution in [0, 0.1) is 10.1 Å². The van der Waals surface area contributed by atoms with Gasteiger partial charge in [-0.1, -0.05) is 42.5 Å². The second-order valence-electron chi connectivity index (χ2n) is 8.46. The molecule has 1 atom stereocenters. The Labute approximate surface area is 199 Å². The molecule has 1 saturated heterocycles. The maximum absolute atomic E-state index is 13.3. The van der Waals surface area contributed by atoms with E-state index in [1.807, 2.05) is 30.3 Å². The lowest BCUT2D eigenvalue weighted by Crippen LogP contribution is -2.54. The van der Waals surface area contributed by atoms with Gasteiger partial charge in [-0.15, -0.1) is 0 Å². The number of rotatable bonds is 10. The molecule has 2 N–H and O–H groups in total. The minimum absolute atomic E-state index is 0.0262. The third-order valence-electron chi connectivity index (χ3n) is 6.02. The average Bonchev–Trinajstić information content (AvgIpc) is 2.87. The molecule has 1 aliphatic rings.